The van der Waals surface area contributed by atoms with Gasteiger partial charge >= 0.3 is 6.18 Å². The van der Waals surface area contributed by atoms with Gasteiger partial charge in [0, 0.05) is 25.7 Å². The van der Waals surface area contributed by atoms with Gasteiger partial charge in [-0.15, -0.1) is 0 Å². The third-order valence-electron chi connectivity index (χ3n) is 7.85. The first-order valence-corrected chi connectivity index (χ1v) is 11.6. The SMILES string of the molecule is O=C(CC1CN(Cc2cccc(C(F)(F)F)c2)CCO1)NC1C2CC3CC(C2)CC1C3. The van der Waals surface area contributed by atoms with Crippen LogP contribution in [-0.2, 0) is 22.3 Å². The second kappa shape index (κ2) is 8.39. The van der Waals surface area contributed by atoms with Crippen molar-refractivity contribution < 1.29 is 22.7 Å². The molecule has 1 aromatic carbocycles. The second-order valence-corrected chi connectivity index (χ2v) is 10.2. The molecule has 1 N–H and O–H groups in total. The molecule has 0 spiro atoms. The van der Waals surface area contributed by atoms with Crippen molar-refractivity contribution in [1.29, 1.82) is 0 Å². The van der Waals surface area contributed by atoms with Crippen LogP contribution in [0.3, 0.4) is 0 Å². The van der Waals surface area contributed by atoms with Gasteiger partial charge in [0.05, 0.1) is 24.7 Å². The van der Waals surface area contributed by atoms with Crippen LogP contribution < -0.4 is 5.32 Å². The standard InChI is InChI=1S/C24H31F3N2O2/c25-24(26,27)20-3-1-2-15(11-20)13-29-4-5-31-21(14-29)12-22(30)28-23-18-7-16-6-17(9-18)10-19(23)8-16/h1-3,11,16-19,21,23H,4-10,12-14H2,(H,28,30). The maximum absolute atomic E-state index is 13.0. The third kappa shape index (κ3) is 4.77. The fourth-order valence-electron chi connectivity index (χ4n) is 6.76. The maximum Gasteiger partial charge on any atom is 0.416 e. The summed E-state index contributed by atoms with van der Waals surface area (Å²) in [7, 11) is 0. The molecule has 4 saturated carbocycles. The smallest absolute Gasteiger partial charge is 0.375 e. The first-order valence-electron chi connectivity index (χ1n) is 11.6. The molecule has 1 aromatic rings. The fourth-order valence-corrected chi connectivity index (χ4v) is 6.76. The number of amides is 1. The van der Waals surface area contributed by atoms with Gasteiger partial charge in [-0.25, -0.2) is 0 Å². The zero-order valence-electron chi connectivity index (χ0n) is 17.7. The lowest BCUT2D eigenvalue weighted by molar-refractivity contribution is -0.137. The van der Waals surface area contributed by atoms with E-state index in [0.29, 0.717) is 56.1 Å². The zero-order valence-corrected chi connectivity index (χ0v) is 17.7. The Bertz CT molecular complexity index is 784. The lowest BCUT2D eigenvalue weighted by atomic mass is 9.54. The summed E-state index contributed by atoms with van der Waals surface area (Å²) in [5.74, 6) is 3.10. The van der Waals surface area contributed by atoms with E-state index in [2.05, 4.69) is 10.2 Å². The number of ether oxygens (including phenoxy) is 1. The van der Waals surface area contributed by atoms with Gasteiger partial charge in [-0.1, -0.05) is 18.2 Å². The van der Waals surface area contributed by atoms with Gasteiger partial charge < -0.3 is 10.1 Å². The summed E-state index contributed by atoms with van der Waals surface area (Å²) in [6.07, 6.45) is 2.24. The number of alkyl halides is 3. The van der Waals surface area contributed by atoms with Crippen LogP contribution in [0.4, 0.5) is 13.2 Å². The van der Waals surface area contributed by atoms with E-state index in [0.717, 1.165) is 17.9 Å². The zero-order chi connectivity index (χ0) is 21.6. The molecule has 170 valence electrons. The van der Waals surface area contributed by atoms with Gasteiger partial charge in [0.25, 0.3) is 0 Å². The summed E-state index contributed by atoms with van der Waals surface area (Å²) in [6, 6.07) is 5.81. The molecule has 1 unspecified atom stereocenters. The largest absolute Gasteiger partial charge is 0.416 e. The molecule has 1 aliphatic heterocycles. The number of hydrogen-bond donors (Lipinski definition) is 1. The number of nitrogens with one attached hydrogen (secondary N) is 1. The number of hydrogen-bond acceptors (Lipinski definition) is 3. The summed E-state index contributed by atoms with van der Waals surface area (Å²) >= 11 is 0. The second-order valence-electron chi connectivity index (χ2n) is 10.2. The van der Waals surface area contributed by atoms with Crippen LogP contribution in [0.2, 0.25) is 0 Å². The molecule has 1 heterocycles. The molecule has 7 heteroatoms. The first kappa shape index (κ1) is 21.3. The minimum Gasteiger partial charge on any atom is -0.375 e. The highest BCUT2D eigenvalue weighted by Crippen LogP contribution is 2.53. The van der Waals surface area contributed by atoms with Crippen molar-refractivity contribution in [3.05, 3.63) is 35.4 Å². The Hall–Kier alpha value is -1.60. The molecule has 4 nitrogen and oxygen atoms in total. The van der Waals surface area contributed by atoms with Crippen molar-refractivity contribution in [2.24, 2.45) is 23.7 Å². The highest BCUT2D eigenvalue weighted by molar-refractivity contribution is 5.77. The number of benzene rings is 1. The molecule has 31 heavy (non-hydrogen) atoms. The van der Waals surface area contributed by atoms with Crippen LogP contribution in [0, 0.1) is 23.7 Å². The van der Waals surface area contributed by atoms with Crippen molar-refractivity contribution >= 4 is 5.91 Å². The van der Waals surface area contributed by atoms with E-state index in [9.17, 15) is 18.0 Å². The predicted octanol–water partition coefficient (Wildman–Crippen LogP) is 4.24. The van der Waals surface area contributed by atoms with Crippen molar-refractivity contribution in [3.8, 4) is 0 Å². The third-order valence-corrected chi connectivity index (χ3v) is 7.85. The monoisotopic (exact) mass is 436 g/mol. The molecule has 0 aromatic heterocycles. The average Bonchev–Trinajstić information content (AvgIpc) is 2.70. The number of nitrogens with zero attached hydrogens (tertiary/aromatic N) is 1. The van der Waals surface area contributed by atoms with Gasteiger partial charge in [0.1, 0.15) is 0 Å². The molecule has 4 aliphatic carbocycles. The summed E-state index contributed by atoms with van der Waals surface area (Å²) < 4.78 is 44.7. The minimum absolute atomic E-state index is 0.0587. The molecule has 1 saturated heterocycles. The highest BCUT2D eigenvalue weighted by atomic mass is 19.4. The van der Waals surface area contributed by atoms with Gasteiger partial charge in [-0.2, -0.15) is 13.2 Å². The fraction of sp³-hybridized carbons (Fsp3) is 0.708. The molecule has 6 rings (SSSR count). The van der Waals surface area contributed by atoms with E-state index < -0.39 is 11.7 Å². The van der Waals surface area contributed by atoms with E-state index in [1.54, 1.807) is 6.07 Å². The quantitative estimate of drug-likeness (QED) is 0.751. The van der Waals surface area contributed by atoms with Crippen molar-refractivity contribution in [2.45, 2.75) is 63.4 Å². The van der Waals surface area contributed by atoms with E-state index >= 15 is 0 Å². The van der Waals surface area contributed by atoms with Crippen LogP contribution in [0.1, 0.15) is 49.7 Å². The van der Waals surface area contributed by atoms with Crippen LogP contribution in [-0.4, -0.2) is 42.6 Å². The normalized spacial score (nSPS) is 35.3. The lowest BCUT2D eigenvalue weighted by Crippen LogP contribution is -2.56. The molecule has 1 amide bonds. The summed E-state index contributed by atoms with van der Waals surface area (Å²) in [4.78, 5) is 14.9. The van der Waals surface area contributed by atoms with Gasteiger partial charge in [0.15, 0.2) is 0 Å². The van der Waals surface area contributed by atoms with E-state index in [-0.39, 0.29) is 12.0 Å². The topological polar surface area (TPSA) is 41.6 Å². The summed E-state index contributed by atoms with van der Waals surface area (Å²) in [5, 5.41) is 3.34. The van der Waals surface area contributed by atoms with Gasteiger partial charge in [0.2, 0.25) is 5.91 Å². The number of carbonyl (C=O) groups excluding carboxylic acids is 1. The molecule has 4 bridgehead atoms. The Morgan fingerprint density at radius 1 is 1.10 bits per heavy atom. The van der Waals surface area contributed by atoms with Crippen molar-refractivity contribution in [1.82, 2.24) is 10.2 Å². The van der Waals surface area contributed by atoms with Gasteiger partial charge in [-0.05, 0) is 67.4 Å². The molecule has 5 fully saturated rings. The Morgan fingerprint density at radius 3 is 2.48 bits per heavy atom. The van der Waals surface area contributed by atoms with Gasteiger partial charge in [-0.3, -0.25) is 9.69 Å². The van der Waals surface area contributed by atoms with Crippen LogP contribution in [0.5, 0.6) is 0 Å². The molecule has 5 aliphatic rings. The average molecular weight is 437 g/mol. The number of carbonyl (C=O) groups is 1. The van der Waals surface area contributed by atoms with Crippen LogP contribution >= 0.6 is 0 Å². The Balaban J connectivity index is 1.14. The summed E-state index contributed by atoms with van der Waals surface area (Å²) in [5.41, 5.74) is 0.0124. The first-order chi connectivity index (χ1) is 14.8. The number of rotatable bonds is 5. The Morgan fingerprint density at radius 2 is 1.81 bits per heavy atom. The van der Waals surface area contributed by atoms with Crippen molar-refractivity contribution in [3.63, 3.8) is 0 Å². The number of halogens is 3. The summed E-state index contributed by atoms with van der Waals surface area (Å²) in [6.45, 7) is 2.14. The molecule has 0 radical (unpaired) electrons. The molecular weight excluding hydrogens is 405 g/mol. The van der Waals surface area contributed by atoms with Crippen molar-refractivity contribution in [2.75, 3.05) is 19.7 Å². The lowest BCUT2D eigenvalue weighted by Gasteiger charge is -2.54. The van der Waals surface area contributed by atoms with Crippen LogP contribution in [0.25, 0.3) is 0 Å². The van der Waals surface area contributed by atoms with E-state index in [1.807, 2.05) is 0 Å². The maximum atomic E-state index is 13.0. The molecule has 1 atom stereocenters. The highest BCUT2D eigenvalue weighted by Gasteiger charge is 2.48. The number of morpholine rings is 1. The Labute approximate surface area is 181 Å². The molecular formula is C24H31F3N2O2. The predicted molar refractivity (Wildman–Crippen MR) is 110 cm³/mol. The van der Waals surface area contributed by atoms with E-state index in [4.69, 9.17) is 4.74 Å². The van der Waals surface area contributed by atoms with E-state index in [1.165, 1.54) is 44.2 Å². The Kier molecular flexibility index (Phi) is 5.76. The minimum atomic E-state index is -4.33. The van der Waals surface area contributed by atoms with Crippen LogP contribution in [0.15, 0.2) is 24.3 Å².